The first kappa shape index (κ1) is 19.7. The molecule has 2 amide bonds. The number of nitrogens with zero attached hydrogens (tertiary/aromatic N) is 4. The minimum absolute atomic E-state index is 0.215. The van der Waals surface area contributed by atoms with Gasteiger partial charge in [0.15, 0.2) is 5.82 Å². The van der Waals surface area contributed by atoms with Crippen LogP contribution in [0.1, 0.15) is 21.7 Å². The predicted octanol–water partition coefficient (Wildman–Crippen LogP) is 3.07. The second-order valence-electron chi connectivity index (χ2n) is 6.69. The van der Waals surface area contributed by atoms with Crippen LogP contribution in [0.15, 0.2) is 53.1 Å². The van der Waals surface area contributed by atoms with Crippen LogP contribution in [0.25, 0.3) is 11.5 Å². The van der Waals surface area contributed by atoms with Gasteiger partial charge in [0, 0.05) is 22.6 Å². The molecule has 1 unspecified atom stereocenters. The lowest BCUT2D eigenvalue weighted by molar-refractivity contribution is -0.119. The molecule has 1 fully saturated rings. The van der Waals surface area contributed by atoms with Crippen LogP contribution in [0, 0.1) is 18.3 Å². The summed E-state index contributed by atoms with van der Waals surface area (Å²) >= 11 is 1.53. The molecular weight excluding hydrogens is 402 g/mol. The van der Waals surface area contributed by atoms with E-state index in [2.05, 4.69) is 15.5 Å². The number of carbonyl (C=O) groups excluding carboxylic acids is 2. The minimum Gasteiger partial charge on any atom is -0.334 e. The Labute approximate surface area is 176 Å². The number of hydrogen-bond donors (Lipinski definition) is 1. The van der Waals surface area contributed by atoms with Gasteiger partial charge in [-0.3, -0.25) is 9.59 Å². The van der Waals surface area contributed by atoms with Crippen LogP contribution < -0.4 is 5.32 Å². The average Bonchev–Trinajstić information content (AvgIpc) is 3.43. The number of aryl methyl sites for hydroxylation is 1. The molecule has 0 bridgehead atoms. The molecule has 1 atom stereocenters. The number of aromatic nitrogens is 2. The Kier molecular flexibility index (Phi) is 5.50. The summed E-state index contributed by atoms with van der Waals surface area (Å²) in [5.41, 5.74) is 2.30. The van der Waals surface area contributed by atoms with Crippen molar-refractivity contribution in [3.63, 3.8) is 0 Å². The lowest BCUT2D eigenvalue weighted by Crippen LogP contribution is -2.44. The second kappa shape index (κ2) is 8.39. The van der Waals surface area contributed by atoms with Crippen molar-refractivity contribution in [2.75, 3.05) is 16.9 Å². The van der Waals surface area contributed by atoms with E-state index in [0.29, 0.717) is 40.2 Å². The number of thioether (sulfide) groups is 1. The first-order chi connectivity index (χ1) is 14.5. The molecule has 0 saturated carbocycles. The largest absolute Gasteiger partial charge is 0.334 e. The number of nitrogens with one attached hydrogen (secondary N) is 1. The number of rotatable bonds is 4. The zero-order valence-electron chi connectivity index (χ0n) is 16.0. The number of anilines is 1. The van der Waals surface area contributed by atoms with Crippen molar-refractivity contribution >= 4 is 29.3 Å². The summed E-state index contributed by atoms with van der Waals surface area (Å²) < 4.78 is 5.14. The van der Waals surface area contributed by atoms with Gasteiger partial charge in [-0.15, -0.1) is 11.8 Å². The number of nitriles is 1. The zero-order chi connectivity index (χ0) is 21.1. The molecular formula is C21H17N5O3S. The average molecular weight is 419 g/mol. The quantitative estimate of drug-likeness (QED) is 0.691. The molecule has 1 aliphatic heterocycles. The molecule has 1 aliphatic rings. The molecule has 0 radical (unpaired) electrons. The Balaban J connectivity index is 1.46. The molecule has 3 aromatic rings. The van der Waals surface area contributed by atoms with Gasteiger partial charge in [0.05, 0.1) is 17.5 Å². The molecule has 0 aliphatic carbocycles. The Morgan fingerprint density at radius 1 is 1.20 bits per heavy atom. The van der Waals surface area contributed by atoms with Gasteiger partial charge in [0.1, 0.15) is 6.04 Å². The van der Waals surface area contributed by atoms with Crippen LogP contribution in [0.2, 0.25) is 0 Å². The Hall–Kier alpha value is -3.64. The maximum atomic E-state index is 13.0. The molecule has 1 saturated heterocycles. The maximum absolute atomic E-state index is 13.0. The third-order valence-electron chi connectivity index (χ3n) is 4.63. The molecule has 8 nitrogen and oxygen atoms in total. The Morgan fingerprint density at radius 2 is 1.93 bits per heavy atom. The molecule has 0 spiro atoms. The van der Waals surface area contributed by atoms with Gasteiger partial charge in [-0.25, -0.2) is 0 Å². The van der Waals surface area contributed by atoms with Crippen molar-refractivity contribution in [1.82, 2.24) is 15.0 Å². The third kappa shape index (κ3) is 4.04. The summed E-state index contributed by atoms with van der Waals surface area (Å²) in [4.78, 5) is 31.5. The van der Waals surface area contributed by atoms with E-state index in [1.807, 2.05) is 6.07 Å². The Morgan fingerprint density at radius 3 is 2.57 bits per heavy atom. The molecule has 9 heteroatoms. The van der Waals surface area contributed by atoms with E-state index in [9.17, 15) is 9.59 Å². The van der Waals surface area contributed by atoms with Crippen LogP contribution in [-0.4, -0.2) is 44.5 Å². The van der Waals surface area contributed by atoms with Crippen molar-refractivity contribution < 1.29 is 14.1 Å². The predicted molar refractivity (Wildman–Crippen MR) is 112 cm³/mol. The van der Waals surface area contributed by atoms with E-state index >= 15 is 0 Å². The van der Waals surface area contributed by atoms with Gasteiger partial charge in [-0.2, -0.15) is 10.2 Å². The lowest BCUT2D eigenvalue weighted by atomic mass is 10.1. The highest BCUT2D eigenvalue weighted by Crippen LogP contribution is 2.25. The van der Waals surface area contributed by atoms with E-state index in [1.54, 1.807) is 60.4 Å². The van der Waals surface area contributed by atoms with E-state index in [4.69, 9.17) is 9.78 Å². The van der Waals surface area contributed by atoms with E-state index in [1.165, 1.54) is 11.8 Å². The van der Waals surface area contributed by atoms with Crippen LogP contribution in [-0.2, 0) is 4.79 Å². The summed E-state index contributed by atoms with van der Waals surface area (Å²) in [5.74, 6) is 1.42. The molecule has 2 aromatic carbocycles. The lowest BCUT2D eigenvalue weighted by Gasteiger charge is -2.23. The topological polar surface area (TPSA) is 112 Å². The molecule has 150 valence electrons. The fraction of sp³-hybridized carbons (Fsp3) is 0.190. The monoisotopic (exact) mass is 419 g/mol. The second-order valence-corrected chi connectivity index (χ2v) is 7.69. The summed E-state index contributed by atoms with van der Waals surface area (Å²) in [5, 5.41) is 15.5. The fourth-order valence-electron chi connectivity index (χ4n) is 3.05. The van der Waals surface area contributed by atoms with Gasteiger partial charge in [-0.05, 0) is 55.5 Å². The minimum atomic E-state index is -0.573. The summed E-state index contributed by atoms with van der Waals surface area (Å²) in [6.07, 6.45) is 0. The van der Waals surface area contributed by atoms with Crippen molar-refractivity contribution in [3.05, 3.63) is 65.5 Å². The highest BCUT2D eigenvalue weighted by Gasteiger charge is 2.35. The number of hydrogen-bond acceptors (Lipinski definition) is 7. The zero-order valence-corrected chi connectivity index (χ0v) is 16.8. The van der Waals surface area contributed by atoms with E-state index < -0.39 is 6.04 Å². The normalized spacial score (nSPS) is 15.6. The van der Waals surface area contributed by atoms with Gasteiger partial charge in [-0.1, -0.05) is 5.16 Å². The molecule has 1 N–H and O–H groups in total. The first-order valence-electron chi connectivity index (χ1n) is 9.15. The van der Waals surface area contributed by atoms with Crippen molar-refractivity contribution in [2.45, 2.75) is 13.0 Å². The summed E-state index contributed by atoms with van der Waals surface area (Å²) in [6, 6.07) is 14.9. The van der Waals surface area contributed by atoms with Crippen molar-refractivity contribution in [2.24, 2.45) is 0 Å². The van der Waals surface area contributed by atoms with Crippen LogP contribution in [0.3, 0.4) is 0 Å². The highest BCUT2D eigenvalue weighted by molar-refractivity contribution is 7.99. The number of carbonyl (C=O) groups is 2. The maximum Gasteiger partial charge on any atom is 0.257 e. The molecule has 4 rings (SSSR count). The first-order valence-corrected chi connectivity index (χ1v) is 10.3. The van der Waals surface area contributed by atoms with Gasteiger partial charge in [0.2, 0.25) is 5.91 Å². The summed E-state index contributed by atoms with van der Waals surface area (Å²) in [6.45, 7) is 1.74. The molecule has 30 heavy (non-hydrogen) atoms. The number of amides is 2. The number of benzene rings is 2. The van der Waals surface area contributed by atoms with E-state index in [-0.39, 0.29) is 11.8 Å². The van der Waals surface area contributed by atoms with Crippen molar-refractivity contribution in [1.29, 1.82) is 5.26 Å². The molecule has 1 aromatic heterocycles. The Bertz CT molecular complexity index is 1120. The van der Waals surface area contributed by atoms with Crippen LogP contribution in [0.5, 0.6) is 0 Å². The van der Waals surface area contributed by atoms with Gasteiger partial charge < -0.3 is 14.7 Å². The van der Waals surface area contributed by atoms with Crippen molar-refractivity contribution in [3.8, 4) is 17.5 Å². The van der Waals surface area contributed by atoms with E-state index in [0.717, 1.165) is 5.56 Å². The van der Waals surface area contributed by atoms with Crippen LogP contribution in [0.4, 0.5) is 5.69 Å². The molecule has 2 heterocycles. The fourth-order valence-corrected chi connectivity index (χ4v) is 4.20. The standard InChI is InChI=1S/C21H17N5O3S/c1-13-23-20(29-25-13)15-4-6-16(7-5-15)21(28)26-12-30-11-18(26)19(27)24-17-8-2-14(10-22)3-9-17/h2-9,18H,11-12H2,1H3,(H,24,27). The van der Waals surface area contributed by atoms with Gasteiger partial charge in [0.25, 0.3) is 11.8 Å². The highest BCUT2D eigenvalue weighted by atomic mass is 32.2. The summed E-state index contributed by atoms with van der Waals surface area (Å²) in [7, 11) is 0. The third-order valence-corrected chi connectivity index (χ3v) is 5.65. The van der Waals surface area contributed by atoms with Crippen LogP contribution >= 0.6 is 11.8 Å². The smallest absolute Gasteiger partial charge is 0.257 e. The SMILES string of the molecule is Cc1noc(-c2ccc(C(=O)N3CSCC3C(=O)Nc3ccc(C#N)cc3)cc2)n1. The van der Waals surface area contributed by atoms with Gasteiger partial charge >= 0.3 is 0 Å².